The van der Waals surface area contributed by atoms with Crippen molar-refractivity contribution < 1.29 is 17.9 Å². The van der Waals surface area contributed by atoms with E-state index in [9.17, 15) is 8.42 Å². The molecule has 0 spiro atoms. The highest BCUT2D eigenvalue weighted by atomic mass is 35.5. The van der Waals surface area contributed by atoms with Crippen molar-refractivity contribution in [3.63, 3.8) is 0 Å². The number of hydrogen-bond donors (Lipinski definition) is 1. The molecule has 2 aromatic carbocycles. The van der Waals surface area contributed by atoms with Crippen molar-refractivity contribution in [2.24, 2.45) is 0 Å². The third-order valence-corrected chi connectivity index (χ3v) is 5.91. The summed E-state index contributed by atoms with van der Waals surface area (Å²) in [6.07, 6.45) is 0. The van der Waals surface area contributed by atoms with Crippen molar-refractivity contribution in [2.75, 3.05) is 13.2 Å². The van der Waals surface area contributed by atoms with Crippen LogP contribution in [0.15, 0.2) is 36.4 Å². The zero-order valence-electron chi connectivity index (χ0n) is 13.5. The summed E-state index contributed by atoms with van der Waals surface area (Å²) >= 11 is 12.1. The van der Waals surface area contributed by atoms with Gasteiger partial charge in [-0.2, -0.15) is 0 Å². The summed E-state index contributed by atoms with van der Waals surface area (Å²) in [4.78, 5) is 0. The average molecular weight is 402 g/mol. The summed E-state index contributed by atoms with van der Waals surface area (Å²) in [5, 5.41) is 0.648. The van der Waals surface area contributed by atoms with Crippen LogP contribution in [0.2, 0.25) is 10.0 Å². The molecule has 1 unspecified atom stereocenters. The molecule has 8 heteroatoms. The minimum absolute atomic E-state index is 0.291. The predicted octanol–water partition coefficient (Wildman–Crippen LogP) is 3.95. The zero-order valence-corrected chi connectivity index (χ0v) is 15.8. The number of rotatable bonds is 5. The third-order valence-electron chi connectivity index (χ3n) is 3.82. The fourth-order valence-corrected chi connectivity index (χ4v) is 4.71. The van der Waals surface area contributed by atoms with E-state index in [0.717, 1.165) is 5.56 Å². The van der Waals surface area contributed by atoms with Gasteiger partial charge in [-0.05, 0) is 36.8 Å². The maximum atomic E-state index is 12.5. The molecule has 3 rings (SSSR count). The molecular formula is C17H17Cl2NO4S. The van der Waals surface area contributed by atoms with Gasteiger partial charge in [0, 0.05) is 21.7 Å². The fraction of sp³-hybridized carbons (Fsp3) is 0.294. The number of nitrogens with one attached hydrogen (secondary N) is 1. The van der Waals surface area contributed by atoms with Crippen molar-refractivity contribution >= 4 is 33.2 Å². The van der Waals surface area contributed by atoms with Gasteiger partial charge in [0.15, 0.2) is 11.5 Å². The van der Waals surface area contributed by atoms with E-state index >= 15 is 0 Å². The summed E-state index contributed by atoms with van der Waals surface area (Å²) in [7, 11) is -3.64. The third kappa shape index (κ3) is 4.39. The summed E-state index contributed by atoms with van der Waals surface area (Å²) < 4.78 is 38.6. The maximum Gasteiger partial charge on any atom is 0.216 e. The van der Waals surface area contributed by atoms with Crippen LogP contribution in [0.5, 0.6) is 11.5 Å². The molecule has 1 N–H and O–H groups in total. The Morgan fingerprint density at radius 2 is 1.72 bits per heavy atom. The highest BCUT2D eigenvalue weighted by Crippen LogP contribution is 2.33. The van der Waals surface area contributed by atoms with E-state index in [1.807, 2.05) is 6.07 Å². The molecule has 0 aromatic heterocycles. The Morgan fingerprint density at radius 1 is 1.08 bits per heavy atom. The molecule has 134 valence electrons. The fourth-order valence-electron chi connectivity index (χ4n) is 2.57. The molecule has 5 nitrogen and oxygen atoms in total. The van der Waals surface area contributed by atoms with Crippen molar-refractivity contribution in [3.8, 4) is 11.5 Å². The van der Waals surface area contributed by atoms with E-state index in [0.29, 0.717) is 40.3 Å². The minimum atomic E-state index is -3.64. The van der Waals surface area contributed by atoms with Crippen molar-refractivity contribution in [1.29, 1.82) is 0 Å². The molecule has 1 aliphatic rings. The van der Waals surface area contributed by atoms with Crippen LogP contribution in [0.4, 0.5) is 0 Å². The van der Waals surface area contributed by atoms with E-state index in [1.165, 1.54) is 0 Å². The number of sulfonamides is 1. The van der Waals surface area contributed by atoms with E-state index in [1.54, 1.807) is 37.3 Å². The summed E-state index contributed by atoms with van der Waals surface area (Å²) in [6, 6.07) is 9.83. The molecule has 0 fully saturated rings. The highest BCUT2D eigenvalue weighted by molar-refractivity contribution is 7.88. The zero-order chi connectivity index (χ0) is 18.0. The van der Waals surface area contributed by atoms with Crippen LogP contribution in [0.1, 0.15) is 24.1 Å². The monoisotopic (exact) mass is 401 g/mol. The molecule has 0 aliphatic carbocycles. The first-order chi connectivity index (χ1) is 11.9. The van der Waals surface area contributed by atoms with Crippen LogP contribution in [0.25, 0.3) is 0 Å². The second-order valence-corrected chi connectivity index (χ2v) is 8.27. The maximum absolute atomic E-state index is 12.5. The second-order valence-electron chi connectivity index (χ2n) is 5.70. The second kappa shape index (κ2) is 7.41. The summed E-state index contributed by atoms with van der Waals surface area (Å²) in [5.41, 5.74) is 1.16. The molecule has 2 aromatic rings. The topological polar surface area (TPSA) is 64.6 Å². The Kier molecular flexibility index (Phi) is 5.43. The lowest BCUT2D eigenvalue weighted by Crippen LogP contribution is -2.28. The van der Waals surface area contributed by atoms with E-state index in [2.05, 4.69) is 4.72 Å². The smallest absolute Gasteiger partial charge is 0.216 e. The van der Waals surface area contributed by atoms with Gasteiger partial charge in [-0.1, -0.05) is 35.3 Å². The van der Waals surface area contributed by atoms with E-state index < -0.39 is 16.1 Å². The van der Waals surface area contributed by atoms with Crippen LogP contribution in [-0.4, -0.2) is 21.6 Å². The number of halogens is 2. The van der Waals surface area contributed by atoms with E-state index in [-0.39, 0.29) is 5.75 Å². The number of hydrogen-bond acceptors (Lipinski definition) is 4. The van der Waals surface area contributed by atoms with E-state index in [4.69, 9.17) is 32.7 Å². The quantitative estimate of drug-likeness (QED) is 0.823. The van der Waals surface area contributed by atoms with Gasteiger partial charge >= 0.3 is 0 Å². The summed E-state index contributed by atoms with van der Waals surface area (Å²) in [5.74, 6) is 0.984. The van der Waals surface area contributed by atoms with Crippen LogP contribution in [-0.2, 0) is 15.8 Å². The van der Waals surface area contributed by atoms with Gasteiger partial charge in [0.2, 0.25) is 10.0 Å². The first-order valence-electron chi connectivity index (χ1n) is 7.68. The van der Waals surface area contributed by atoms with Gasteiger partial charge in [0.05, 0.1) is 5.75 Å². The Hall–Kier alpha value is -1.47. The van der Waals surface area contributed by atoms with Gasteiger partial charge in [-0.15, -0.1) is 0 Å². The Labute approximate surface area is 156 Å². The van der Waals surface area contributed by atoms with Crippen LogP contribution < -0.4 is 14.2 Å². The van der Waals surface area contributed by atoms with Gasteiger partial charge in [0.25, 0.3) is 0 Å². The standard InChI is InChI=1S/C17H17Cl2NO4S/c1-11(12-5-6-16-17(9-12)24-8-7-23-16)20-25(21,22)10-13-14(18)3-2-4-15(13)19/h2-6,9,11,20H,7-8,10H2,1H3. The molecule has 0 radical (unpaired) electrons. The van der Waals surface area contributed by atoms with Crippen molar-refractivity contribution in [2.45, 2.75) is 18.7 Å². The molecule has 0 saturated carbocycles. The SMILES string of the molecule is CC(NS(=O)(=O)Cc1c(Cl)cccc1Cl)c1ccc2c(c1)OCCO2. The first-order valence-corrected chi connectivity index (χ1v) is 10.1. The lowest BCUT2D eigenvalue weighted by Gasteiger charge is -2.21. The molecule has 25 heavy (non-hydrogen) atoms. The Balaban J connectivity index is 1.76. The van der Waals surface area contributed by atoms with Gasteiger partial charge in [-0.25, -0.2) is 13.1 Å². The minimum Gasteiger partial charge on any atom is -0.486 e. The van der Waals surface area contributed by atoms with Gasteiger partial charge in [0.1, 0.15) is 13.2 Å². The Bertz CT molecular complexity index is 866. The molecule has 0 saturated heterocycles. The number of fused-ring (bicyclic) bond motifs is 1. The van der Waals surface area contributed by atoms with Crippen LogP contribution >= 0.6 is 23.2 Å². The number of benzene rings is 2. The average Bonchev–Trinajstić information content (AvgIpc) is 2.57. The lowest BCUT2D eigenvalue weighted by molar-refractivity contribution is 0.171. The first kappa shape index (κ1) is 18.3. The molecule has 1 heterocycles. The summed E-state index contributed by atoms with van der Waals surface area (Å²) in [6.45, 7) is 2.74. The Morgan fingerprint density at radius 3 is 2.40 bits per heavy atom. The van der Waals surface area contributed by atoms with Gasteiger partial charge in [-0.3, -0.25) is 0 Å². The largest absolute Gasteiger partial charge is 0.486 e. The van der Waals surface area contributed by atoms with Crippen LogP contribution in [0.3, 0.4) is 0 Å². The molecule has 1 aliphatic heterocycles. The van der Waals surface area contributed by atoms with Crippen molar-refractivity contribution in [3.05, 3.63) is 57.6 Å². The normalized spacial score (nSPS) is 15.0. The number of ether oxygens (including phenoxy) is 2. The molecular weight excluding hydrogens is 385 g/mol. The van der Waals surface area contributed by atoms with Crippen LogP contribution in [0, 0.1) is 0 Å². The highest BCUT2D eigenvalue weighted by Gasteiger charge is 2.21. The molecule has 0 bridgehead atoms. The lowest BCUT2D eigenvalue weighted by atomic mass is 10.1. The van der Waals surface area contributed by atoms with Gasteiger partial charge < -0.3 is 9.47 Å². The molecule has 1 atom stereocenters. The predicted molar refractivity (Wildman–Crippen MR) is 98.1 cm³/mol. The molecule has 0 amide bonds. The van der Waals surface area contributed by atoms with Crippen molar-refractivity contribution in [1.82, 2.24) is 4.72 Å².